The fraction of sp³-hybridized carbons (Fsp3) is 0.500. The Morgan fingerprint density at radius 2 is 1.58 bits per heavy atom. The first-order valence-electron chi connectivity index (χ1n) is 9.38. The zero-order chi connectivity index (χ0) is 17.9. The summed E-state index contributed by atoms with van der Waals surface area (Å²) in [6, 6.07) is 7.66. The Morgan fingerprint density at radius 3 is 2.31 bits per heavy atom. The van der Waals surface area contributed by atoms with Crippen LogP contribution < -0.4 is 14.4 Å². The van der Waals surface area contributed by atoms with Crippen LogP contribution in [0.4, 0.5) is 5.95 Å². The third kappa shape index (κ3) is 3.60. The van der Waals surface area contributed by atoms with E-state index in [1.54, 1.807) is 7.11 Å². The normalized spacial score (nSPS) is 17.7. The van der Waals surface area contributed by atoms with Crippen molar-refractivity contribution in [2.75, 3.05) is 45.2 Å². The highest BCUT2D eigenvalue weighted by Gasteiger charge is 2.23. The lowest BCUT2D eigenvalue weighted by atomic mass is 9.97. The molecule has 2 aromatic rings. The van der Waals surface area contributed by atoms with Gasteiger partial charge in [0.15, 0.2) is 0 Å². The van der Waals surface area contributed by atoms with Crippen LogP contribution in [0.3, 0.4) is 0 Å². The van der Waals surface area contributed by atoms with E-state index in [-0.39, 0.29) is 0 Å². The summed E-state index contributed by atoms with van der Waals surface area (Å²) in [7, 11) is 3.82. The highest BCUT2D eigenvalue weighted by Crippen LogP contribution is 2.33. The Morgan fingerprint density at radius 1 is 0.885 bits per heavy atom. The molecule has 138 valence electrons. The van der Waals surface area contributed by atoms with Crippen molar-refractivity contribution in [1.82, 2.24) is 14.9 Å². The van der Waals surface area contributed by atoms with Gasteiger partial charge in [0.25, 0.3) is 0 Å². The predicted octanol–water partition coefficient (Wildman–Crippen LogP) is 2.91. The van der Waals surface area contributed by atoms with E-state index < -0.39 is 0 Å². The predicted molar refractivity (Wildman–Crippen MR) is 101 cm³/mol. The molecule has 2 aliphatic rings. The SMILES string of the molecule is COc1ccc(Oc2nc(N3CCN(C)CC3)nc3c2CCCC3)cc1. The van der Waals surface area contributed by atoms with Crippen LogP contribution in [-0.2, 0) is 12.8 Å². The molecule has 26 heavy (non-hydrogen) atoms. The summed E-state index contributed by atoms with van der Waals surface area (Å²) >= 11 is 0. The molecule has 0 atom stereocenters. The maximum atomic E-state index is 6.19. The number of benzene rings is 1. The summed E-state index contributed by atoms with van der Waals surface area (Å²) in [5.74, 6) is 3.12. The maximum absolute atomic E-state index is 6.19. The van der Waals surface area contributed by atoms with E-state index in [2.05, 4.69) is 16.8 Å². The number of hydrogen-bond acceptors (Lipinski definition) is 6. The van der Waals surface area contributed by atoms with Gasteiger partial charge in [0, 0.05) is 31.7 Å². The van der Waals surface area contributed by atoms with Gasteiger partial charge >= 0.3 is 0 Å². The first-order chi connectivity index (χ1) is 12.7. The van der Waals surface area contributed by atoms with Crippen LogP contribution in [0.15, 0.2) is 24.3 Å². The van der Waals surface area contributed by atoms with Crippen LogP contribution in [0.1, 0.15) is 24.1 Å². The van der Waals surface area contributed by atoms with Gasteiger partial charge in [0.1, 0.15) is 11.5 Å². The van der Waals surface area contributed by atoms with Crippen LogP contribution in [0, 0.1) is 0 Å². The van der Waals surface area contributed by atoms with Crippen molar-refractivity contribution in [3.63, 3.8) is 0 Å². The monoisotopic (exact) mass is 354 g/mol. The molecular formula is C20H26N4O2. The largest absolute Gasteiger partial charge is 0.497 e. The van der Waals surface area contributed by atoms with E-state index in [0.29, 0.717) is 5.88 Å². The number of rotatable bonds is 4. The highest BCUT2D eigenvalue weighted by molar-refractivity contribution is 5.44. The zero-order valence-electron chi connectivity index (χ0n) is 15.6. The molecule has 6 nitrogen and oxygen atoms in total. The molecule has 1 fully saturated rings. The smallest absolute Gasteiger partial charge is 0.228 e. The number of piperazine rings is 1. The molecule has 1 aromatic carbocycles. The molecule has 1 aliphatic carbocycles. The summed E-state index contributed by atoms with van der Waals surface area (Å²) in [6.45, 7) is 3.98. The Hall–Kier alpha value is -2.34. The Labute approximate surface area is 154 Å². The molecule has 0 unspecified atom stereocenters. The van der Waals surface area contributed by atoms with Gasteiger partial charge < -0.3 is 19.3 Å². The van der Waals surface area contributed by atoms with Gasteiger partial charge in [-0.3, -0.25) is 0 Å². The Balaban J connectivity index is 1.64. The first kappa shape index (κ1) is 17.1. The number of nitrogens with zero attached hydrogens (tertiary/aromatic N) is 4. The number of aryl methyl sites for hydroxylation is 1. The van der Waals surface area contributed by atoms with E-state index in [1.165, 1.54) is 18.4 Å². The fourth-order valence-electron chi connectivity index (χ4n) is 3.53. The van der Waals surface area contributed by atoms with Gasteiger partial charge in [-0.05, 0) is 57.0 Å². The average molecular weight is 354 g/mol. The van der Waals surface area contributed by atoms with Gasteiger partial charge in [0.2, 0.25) is 11.8 Å². The lowest BCUT2D eigenvalue weighted by molar-refractivity contribution is 0.310. The lowest BCUT2D eigenvalue weighted by Crippen LogP contribution is -2.45. The third-order valence-corrected chi connectivity index (χ3v) is 5.19. The van der Waals surface area contributed by atoms with Gasteiger partial charge in [0.05, 0.1) is 12.8 Å². The second-order valence-electron chi connectivity index (χ2n) is 7.03. The molecule has 2 heterocycles. The van der Waals surface area contributed by atoms with E-state index in [4.69, 9.17) is 19.4 Å². The summed E-state index contributed by atoms with van der Waals surface area (Å²) < 4.78 is 11.4. The van der Waals surface area contributed by atoms with E-state index in [1.807, 2.05) is 24.3 Å². The lowest BCUT2D eigenvalue weighted by Gasteiger charge is -2.33. The fourth-order valence-corrected chi connectivity index (χ4v) is 3.53. The molecule has 0 amide bonds. The standard InChI is InChI=1S/C20H26N4O2/c1-23-11-13-24(14-12-23)20-21-18-6-4-3-5-17(18)19(22-20)26-16-9-7-15(25-2)8-10-16/h7-10H,3-6,11-14H2,1-2H3. The number of aromatic nitrogens is 2. The number of hydrogen-bond donors (Lipinski definition) is 0. The summed E-state index contributed by atoms with van der Waals surface area (Å²) in [6.07, 6.45) is 4.36. The van der Waals surface area contributed by atoms with E-state index in [0.717, 1.165) is 62.2 Å². The minimum absolute atomic E-state index is 0.716. The number of likely N-dealkylation sites (N-methyl/N-ethyl adjacent to an activating group) is 1. The molecule has 0 spiro atoms. The molecule has 0 radical (unpaired) electrons. The molecule has 0 N–H and O–H groups in total. The molecule has 4 rings (SSSR count). The molecule has 1 saturated heterocycles. The van der Waals surface area contributed by atoms with E-state index in [9.17, 15) is 0 Å². The van der Waals surface area contributed by atoms with Crippen molar-refractivity contribution in [1.29, 1.82) is 0 Å². The van der Waals surface area contributed by atoms with Crippen molar-refractivity contribution in [3.8, 4) is 17.4 Å². The van der Waals surface area contributed by atoms with Gasteiger partial charge in [-0.1, -0.05) is 0 Å². The van der Waals surface area contributed by atoms with Gasteiger partial charge in [-0.25, -0.2) is 4.98 Å². The Kier molecular flexibility index (Phi) is 4.93. The van der Waals surface area contributed by atoms with Gasteiger partial charge in [-0.15, -0.1) is 0 Å². The second kappa shape index (κ2) is 7.50. The average Bonchev–Trinajstić information content (AvgIpc) is 2.69. The van der Waals surface area contributed by atoms with Crippen LogP contribution in [-0.4, -0.2) is 55.2 Å². The second-order valence-corrected chi connectivity index (χ2v) is 7.03. The van der Waals surface area contributed by atoms with E-state index >= 15 is 0 Å². The molecule has 1 aliphatic heterocycles. The number of ether oxygens (including phenoxy) is 2. The zero-order valence-corrected chi connectivity index (χ0v) is 15.6. The summed E-state index contributed by atoms with van der Waals surface area (Å²) in [5.41, 5.74) is 2.33. The number of anilines is 1. The van der Waals surface area contributed by atoms with Crippen molar-refractivity contribution >= 4 is 5.95 Å². The molecular weight excluding hydrogens is 328 g/mol. The minimum atomic E-state index is 0.716. The van der Waals surface area contributed by atoms with Crippen LogP contribution in [0.25, 0.3) is 0 Å². The quantitative estimate of drug-likeness (QED) is 0.841. The third-order valence-electron chi connectivity index (χ3n) is 5.19. The molecule has 6 heteroatoms. The minimum Gasteiger partial charge on any atom is -0.497 e. The Bertz CT molecular complexity index is 755. The van der Waals surface area contributed by atoms with Crippen molar-refractivity contribution in [2.24, 2.45) is 0 Å². The van der Waals surface area contributed by atoms with Crippen molar-refractivity contribution in [3.05, 3.63) is 35.5 Å². The van der Waals surface area contributed by atoms with Crippen molar-refractivity contribution < 1.29 is 9.47 Å². The first-order valence-corrected chi connectivity index (χ1v) is 9.38. The van der Waals surface area contributed by atoms with Gasteiger partial charge in [-0.2, -0.15) is 4.98 Å². The highest BCUT2D eigenvalue weighted by atomic mass is 16.5. The summed E-state index contributed by atoms with van der Waals surface area (Å²) in [4.78, 5) is 14.3. The van der Waals surface area contributed by atoms with Crippen molar-refractivity contribution in [2.45, 2.75) is 25.7 Å². The molecule has 1 aromatic heterocycles. The molecule has 0 saturated carbocycles. The number of methoxy groups -OCH3 is 1. The van der Waals surface area contributed by atoms with Crippen LogP contribution in [0.2, 0.25) is 0 Å². The summed E-state index contributed by atoms with van der Waals surface area (Å²) in [5, 5.41) is 0. The topological polar surface area (TPSA) is 50.7 Å². The molecule has 0 bridgehead atoms. The van der Waals surface area contributed by atoms with Crippen LogP contribution in [0.5, 0.6) is 17.4 Å². The maximum Gasteiger partial charge on any atom is 0.228 e. The van der Waals surface area contributed by atoms with Crippen LogP contribution >= 0.6 is 0 Å². The number of fused-ring (bicyclic) bond motifs is 1.